The van der Waals surface area contributed by atoms with Gasteiger partial charge in [-0.2, -0.15) is 0 Å². The molecule has 53 heavy (non-hydrogen) atoms. The van der Waals surface area contributed by atoms with Gasteiger partial charge < -0.3 is 30.5 Å². The lowest BCUT2D eigenvalue weighted by molar-refractivity contribution is 0.0397. The van der Waals surface area contributed by atoms with E-state index < -0.39 is 35.8 Å². The summed E-state index contributed by atoms with van der Waals surface area (Å²) in [5, 5.41) is 9.60. The van der Waals surface area contributed by atoms with Gasteiger partial charge in [-0.05, 0) is 91.8 Å². The second kappa shape index (κ2) is 21.0. The maximum atomic E-state index is 14.4. The number of rotatable bonds is 16. The lowest BCUT2D eigenvalue weighted by Crippen LogP contribution is -2.53. The minimum atomic E-state index is -0.948. The van der Waals surface area contributed by atoms with Crippen LogP contribution in [0, 0.1) is 30.4 Å². The van der Waals surface area contributed by atoms with Crippen molar-refractivity contribution in [3.8, 4) is 11.8 Å². The number of hydrogen-bond acceptors (Lipinski definition) is 6. The van der Waals surface area contributed by atoms with E-state index in [0.29, 0.717) is 51.4 Å². The molecule has 3 N–H and O–H groups in total. The predicted molar refractivity (Wildman–Crippen MR) is 204 cm³/mol. The van der Waals surface area contributed by atoms with E-state index in [9.17, 15) is 23.2 Å². The van der Waals surface area contributed by atoms with Crippen LogP contribution in [0.4, 0.5) is 13.6 Å². The van der Waals surface area contributed by atoms with E-state index in [1.165, 1.54) is 12.1 Å². The highest BCUT2D eigenvalue weighted by atomic mass is 19.1. The zero-order chi connectivity index (χ0) is 38.2. The maximum absolute atomic E-state index is 14.4. The van der Waals surface area contributed by atoms with Crippen LogP contribution in [0.2, 0.25) is 0 Å². The highest BCUT2D eigenvalue weighted by Gasteiger charge is 2.31. The van der Waals surface area contributed by atoms with Crippen LogP contribution in [0.3, 0.4) is 0 Å². The first kappa shape index (κ1) is 41.0. The van der Waals surface area contributed by atoms with Crippen molar-refractivity contribution in [2.45, 2.75) is 78.5 Å². The summed E-state index contributed by atoms with van der Waals surface area (Å²) >= 11 is 0. The molecule has 4 rings (SSSR count). The van der Waals surface area contributed by atoms with Crippen molar-refractivity contribution >= 4 is 17.9 Å². The fraction of sp³-hybridized carbons (Fsp3) is 0.452. The molecule has 0 radical (unpaired) electrons. The third-order valence-corrected chi connectivity index (χ3v) is 8.84. The van der Waals surface area contributed by atoms with Gasteiger partial charge in [0.05, 0.1) is 6.04 Å². The Morgan fingerprint density at radius 3 is 2.28 bits per heavy atom. The highest BCUT2D eigenvalue weighted by Crippen LogP contribution is 2.18. The second-order valence-corrected chi connectivity index (χ2v) is 13.5. The van der Waals surface area contributed by atoms with Crippen molar-refractivity contribution in [2.24, 2.45) is 0 Å². The summed E-state index contributed by atoms with van der Waals surface area (Å²) in [6.07, 6.45) is 1.84. The number of nitrogens with one attached hydrogen (secondary N) is 3. The van der Waals surface area contributed by atoms with Crippen LogP contribution in [0.5, 0.6) is 0 Å². The SMILES string of the molecule is CCCC#Cc1cccc(CNCC(OC(=O)N2CCNCC2)[C@H](Cc2cc(F)cc(F)c2)NC(=O)c2cc(C)cc(C(=O)N(CCC)CCC)c2)c1. The molecule has 9 nitrogen and oxygen atoms in total. The van der Waals surface area contributed by atoms with Gasteiger partial charge in [0, 0.05) is 81.5 Å². The number of halogens is 2. The summed E-state index contributed by atoms with van der Waals surface area (Å²) in [6, 6.07) is 15.1. The van der Waals surface area contributed by atoms with Crippen LogP contribution in [-0.4, -0.2) is 85.7 Å². The molecule has 1 aliphatic heterocycles. The second-order valence-electron chi connectivity index (χ2n) is 13.5. The minimum absolute atomic E-state index is 0.0392. The number of hydrogen-bond donors (Lipinski definition) is 3. The average Bonchev–Trinajstić information content (AvgIpc) is 3.13. The first-order valence-corrected chi connectivity index (χ1v) is 18.7. The number of amides is 3. The van der Waals surface area contributed by atoms with E-state index >= 15 is 0 Å². The Morgan fingerprint density at radius 1 is 0.906 bits per heavy atom. The number of ether oxygens (including phenoxy) is 1. The van der Waals surface area contributed by atoms with Crippen molar-refractivity contribution in [3.05, 3.63) is 106 Å². The van der Waals surface area contributed by atoms with Gasteiger partial charge in [0.1, 0.15) is 17.7 Å². The van der Waals surface area contributed by atoms with E-state index in [-0.39, 0.29) is 30.0 Å². The minimum Gasteiger partial charge on any atom is -0.443 e. The number of piperazine rings is 1. The van der Waals surface area contributed by atoms with E-state index in [1.807, 2.05) is 45.0 Å². The molecule has 11 heteroatoms. The number of carbonyl (C=O) groups excluding carboxylic acids is 3. The molecule has 2 atom stereocenters. The Morgan fingerprint density at radius 2 is 1.60 bits per heavy atom. The van der Waals surface area contributed by atoms with Crippen LogP contribution in [-0.2, 0) is 17.7 Å². The molecule has 0 bridgehead atoms. The lowest BCUT2D eigenvalue weighted by Gasteiger charge is -2.32. The van der Waals surface area contributed by atoms with Gasteiger partial charge >= 0.3 is 6.09 Å². The van der Waals surface area contributed by atoms with Gasteiger partial charge in [-0.1, -0.05) is 44.7 Å². The molecule has 284 valence electrons. The zero-order valence-corrected chi connectivity index (χ0v) is 31.4. The molecule has 0 aromatic heterocycles. The molecule has 0 saturated carbocycles. The third kappa shape index (κ3) is 13.0. The third-order valence-electron chi connectivity index (χ3n) is 8.84. The fourth-order valence-corrected chi connectivity index (χ4v) is 6.31. The molecule has 3 aromatic carbocycles. The van der Waals surface area contributed by atoms with Gasteiger partial charge in [-0.15, -0.1) is 0 Å². The quantitative estimate of drug-likeness (QED) is 0.151. The van der Waals surface area contributed by atoms with Crippen LogP contribution in [0.25, 0.3) is 0 Å². The van der Waals surface area contributed by atoms with Crippen molar-refractivity contribution in [3.63, 3.8) is 0 Å². The normalized spacial score (nSPS) is 13.7. The van der Waals surface area contributed by atoms with E-state index in [0.717, 1.165) is 48.4 Å². The predicted octanol–water partition coefficient (Wildman–Crippen LogP) is 6.23. The van der Waals surface area contributed by atoms with Crippen LogP contribution in [0.1, 0.15) is 89.4 Å². The number of nitrogens with zero attached hydrogens (tertiary/aromatic N) is 2. The molecule has 1 heterocycles. The molecular formula is C42H53F2N5O4. The summed E-state index contributed by atoms with van der Waals surface area (Å²) in [5.74, 6) is 4.15. The Hall–Kier alpha value is -4.79. The monoisotopic (exact) mass is 729 g/mol. The number of benzene rings is 3. The molecule has 1 saturated heterocycles. The van der Waals surface area contributed by atoms with Gasteiger partial charge in [-0.25, -0.2) is 13.6 Å². The van der Waals surface area contributed by atoms with Gasteiger partial charge in [-0.3, -0.25) is 9.59 Å². The van der Waals surface area contributed by atoms with Crippen molar-refractivity contribution in [1.82, 2.24) is 25.8 Å². The molecule has 0 spiro atoms. The summed E-state index contributed by atoms with van der Waals surface area (Å²) in [4.78, 5) is 44.5. The average molecular weight is 730 g/mol. The lowest BCUT2D eigenvalue weighted by atomic mass is 9.99. The zero-order valence-electron chi connectivity index (χ0n) is 31.4. The van der Waals surface area contributed by atoms with Gasteiger partial charge in [0.2, 0.25) is 0 Å². The van der Waals surface area contributed by atoms with Gasteiger partial charge in [0.25, 0.3) is 11.8 Å². The Labute approximate surface area is 312 Å². The number of carbonyl (C=O) groups is 3. The fourth-order valence-electron chi connectivity index (χ4n) is 6.31. The highest BCUT2D eigenvalue weighted by molar-refractivity contribution is 6.00. The summed E-state index contributed by atoms with van der Waals surface area (Å²) in [7, 11) is 0. The van der Waals surface area contributed by atoms with Crippen LogP contribution in [0.15, 0.2) is 60.7 Å². The summed E-state index contributed by atoms with van der Waals surface area (Å²) in [5.41, 5.74) is 3.50. The standard InChI is InChI=1S/C42H53F2N5O4/c1-5-8-9-11-31-12-10-13-32(22-31)28-46-29-39(53-42(52)49-18-14-45-15-19-49)38(25-33-23-36(43)27-37(44)24-33)47-40(50)34-20-30(4)21-35(26-34)41(51)48(16-6-2)17-7-3/h10,12-13,20-24,26-27,38-39,45-46H,5-8,14-19,25,28-29H2,1-4H3,(H,47,50)/t38-,39?/m0/s1. The number of aryl methyl sites for hydroxylation is 1. The Kier molecular flexibility index (Phi) is 16.3. The molecule has 1 aliphatic rings. The first-order chi connectivity index (χ1) is 25.6. The summed E-state index contributed by atoms with van der Waals surface area (Å²) < 4.78 is 35.0. The molecule has 0 aliphatic carbocycles. The first-order valence-electron chi connectivity index (χ1n) is 18.7. The molecular weight excluding hydrogens is 676 g/mol. The smallest absolute Gasteiger partial charge is 0.410 e. The van der Waals surface area contributed by atoms with E-state index in [1.54, 1.807) is 28.0 Å². The largest absolute Gasteiger partial charge is 0.443 e. The Bertz CT molecular complexity index is 1720. The topological polar surface area (TPSA) is 103 Å². The molecule has 3 aromatic rings. The van der Waals surface area contributed by atoms with Gasteiger partial charge in [0.15, 0.2) is 0 Å². The summed E-state index contributed by atoms with van der Waals surface area (Å²) in [6.45, 7) is 11.8. The van der Waals surface area contributed by atoms with Crippen molar-refractivity contribution in [1.29, 1.82) is 0 Å². The van der Waals surface area contributed by atoms with Crippen molar-refractivity contribution < 1.29 is 27.9 Å². The van der Waals surface area contributed by atoms with Crippen molar-refractivity contribution in [2.75, 3.05) is 45.8 Å². The maximum Gasteiger partial charge on any atom is 0.410 e. The van der Waals surface area contributed by atoms with Crippen LogP contribution < -0.4 is 16.0 Å². The van der Waals surface area contributed by atoms with E-state index in [4.69, 9.17) is 4.74 Å². The molecule has 1 fully saturated rings. The number of unbranched alkanes of at least 4 members (excludes halogenated alkanes) is 1. The Balaban J connectivity index is 1.65. The van der Waals surface area contributed by atoms with Crippen LogP contribution >= 0.6 is 0 Å². The molecule has 1 unspecified atom stereocenters. The van der Waals surface area contributed by atoms with E-state index in [2.05, 4.69) is 34.7 Å². The molecule has 3 amide bonds.